The van der Waals surface area contributed by atoms with Crippen LogP contribution < -0.4 is 5.32 Å². The van der Waals surface area contributed by atoms with Gasteiger partial charge in [-0.15, -0.1) is 0 Å². The van der Waals surface area contributed by atoms with Gasteiger partial charge in [-0.1, -0.05) is 53.7 Å². The van der Waals surface area contributed by atoms with Gasteiger partial charge in [0.2, 0.25) is 5.91 Å². The minimum absolute atomic E-state index is 0.0863. The highest BCUT2D eigenvalue weighted by atomic mass is 35.5. The lowest BCUT2D eigenvalue weighted by atomic mass is 10.1. The molecule has 0 saturated carbocycles. The maximum absolute atomic E-state index is 11.6. The van der Waals surface area contributed by atoms with Crippen molar-refractivity contribution in [1.82, 2.24) is 5.32 Å². The summed E-state index contributed by atoms with van der Waals surface area (Å²) in [5.41, 5.74) is 2.77. The summed E-state index contributed by atoms with van der Waals surface area (Å²) >= 11 is 7.42. The Balaban J connectivity index is 1.84. The summed E-state index contributed by atoms with van der Waals surface area (Å²) in [7, 11) is 0. The Hall–Kier alpha value is -1.97. The van der Waals surface area contributed by atoms with E-state index in [0.29, 0.717) is 5.02 Å². The van der Waals surface area contributed by atoms with Crippen molar-refractivity contribution in [2.24, 2.45) is 0 Å². The SMILES string of the molecule is O=C1C=C(c2ccccc2)/C(=C/Sc2ccc(Cl)cc2)N1. The molecule has 0 aromatic heterocycles. The molecule has 1 amide bonds. The van der Waals surface area contributed by atoms with E-state index < -0.39 is 0 Å². The van der Waals surface area contributed by atoms with Gasteiger partial charge < -0.3 is 5.32 Å². The van der Waals surface area contributed by atoms with E-state index in [4.69, 9.17) is 11.6 Å². The van der Waals surface area contributed by atoms with Crippen molar-refractivity contribution in [3.63, 3.8) is 0 Å². The monoisotopic (exact) mass is 313 g/mol. The van der Waals surface area contributed by atoms with Crippen LogP contribution in [-0.4, -0.2) is 5.91 Å². The zero-order valence-electron chi connectivity index (χ0n) is 11.0. The summed E-state index contributed by atoms with van der Waals surface area (Å²) in [5.74, 6) is -0.0863. The third kappa shape index (κ3) is 3.38. The number of amides is 1. The van der Waals surface area contributed by atoms with E-state index in [1.807, 2.05) is 60.0 Å². The topological polar surface area (TPSA) is 29.1 Å². The first-order chi connectivity index (χ1) is 10.2. The largest absolute Gasteiger partial charge is 0.321 e. The first kappa shape index (κ1) is 14.0. The quantitative estimate of drug-likeness (QED) is 0.846. The number of carbonyl (C=O) groups is 1. The average molecular weight is 314 g/mol. The fraction of sp³-hybridized carbons (Fsp3) is 0. The van der Waals surface area contributed by atoms with E-state index in [9.17, 15) is 4.79 Å². The van der Waals surface area contributed by atoms with Crippen LogP contribution in [0.15, 0.2) is 76.7 Å². The highest BCUT2D eigenvalue weighted by molar-refractivity contribution is 8.02. The third-order valence-corrected chi connectivity index (χ3v) is 4.18. The van der Waals surface area contributed by atoms with Crippen LogP contribution in [0, 0.1) is 0 Å². The number of benzene rings is 2. The second-order valence-corrected chi connectivity index (χ2v) is 5.90. The molecule has 104 valence electrons. The predicted octanol–water partition coefficient (Wildman–Crippen LogP) is 4.49. The molecule has 2 aromatic rings. The second-order valence-electron chi connectivity index (χ2n) is 4.52. The van der Waals surface area contributed by atoms with E-state index in [2.05, 4.69) is 5.32 Å². The van der Waals surface area contributed by atoms with Crippen molar-refractivity contribution >= 4 is 34.8 Å². The van der Waals surface area contributed by atoms with Crippen LogP contribution in [0.4, 0.5) is 0 Å². The van der Waals surface area contributed by atoms with Crippen molar-refractivity contribution in [2.75, 3.05) is 0 Å². The number of halogens is 1. The summed E-state index contributed by atoms with van der Waals surface area (Å²) in [6, 6.07) is 17.5. The Labute approximate surface area is 132 Å². The highest BCUT2D eigenvalue weighted by Crippen LogP contribution is 2.30. The molecule has 0 bridgehead atoms. The molecule has 2 aromatic carbocycles. The lowest BCUT2D eigenvalue weighted by Gasteiger charge is -2.06. The summed E-state index contributed by atoms with van der Waals surface area (Å²) in [5, 5.41) is 5.53. The Kier molecular flexibility index (Phi) is 4.13. The molecule has 2 nitrogen and oxygen atoms in total. The van der Waals surface area contributed by atoms with Crippen LogP contribution in [0.3, 0.4) is 0 Å². The van der Waals surface area contributed by atoms with Crippen LogP contribution in [0.1, 0.15) is 5.56 Å². The van der Waals surface area contributed by atoms with Crippen LogP contribution >= 0.6 is 23.4 Å². The number of allylic oxidation sites excluding steroid dienone is 1. The van der Waals surface area contributed by atoms with Crippen molar-refractivity contribution in [1.29, 1.82) is 0 Å². The molecular formula is C17H12ClNOS. The number of carbonyl (C=O) groups excluding carboxylic acids is 1. The van der Waals surface area contributed by atoms with Gasteiger partial charge >= 0.3 is 0 Å². The molecule has 0 saturated heterocycles. The normalized spacial score (nSPS) is 16.0. The van der Waals surface area contributed by atoms with Gasteiger partial charge in [0.1, 0.15) is 0 Å². The number of rotatable bonds is 3. The fourth-order valence-corrected chi connectivity index (χ4v) is 2.89. The molecule has 1 aliphatic rings. The Bertz CT molecular complexity index is 720. The van der Waals surface area contributed by atoms with Crippen molar-refractivity contribution < 1.29 is 4.79 Å². The van der Waals surface area contributed by atoms with Crippen molar-refractivity contribution in [3.05, 3.63) is 82.4 Å². The Morgan fingerprint density at radius 3 is 2.43 bits per heavy atom. The molecule has 1 N–H and O–H groups in total. The molecule has 1 aliphatic heterocycles. The summed E-state index contributed by atoms with van der Waals surface area (Å²) in [6.45, 7) is 0. The van der Waals surface area contributed by atoms with Crippen LogP contribution in [0.2, 0.25) is 5.02 Å². The summed E-state index contributed by atoms with van der Waals surface area (Å²) < 4.78 is 0. The van der Waals surface area contributed by atoms with Gasteiger partial charge in [0.25, 0.3) is 0 Å². The molecular weight excluding hydrogens is 302 g/mol. The number of hydrogen-bond donors (Lipinski definition) is 1. The van der Waals surface area contributed by atoms with Crippen LogP contribution in [-0.2, 0) is 4.79 Å². The standard InChI is InChI=1S/C17H12ClNOS/c18-13-6-8-14(9-7-13)21-11-16-15(10-17(20)19-16)12-4-2-1-3-5-12/h1-11H,(H,19,20)/b16-11-. The van der Waals surface area contributed by atoms with E-state index in [1.54, 1.807) is 17.8 Å². The maximum atomic E-state index is 11.6. The van der Waals surface area contributed by atoms with E-state index in [1.165, 1.54) is 0 Å². The van der Waals surface area contributed by atoms with Gasteiger partial charge in [0.05, 0.1) is 5.70 Å². The molecule has 1 heterocycles. The minimum Gasteiger partial charge on any atom is -0.321 e. The van der Waals surface area contributed by atoms with Gasteiger partial charge in [0.15, 0.2) is 0 Å². The van der Waals surface area contributed by atoms with E-state index in [-0.39, 0.29) is 5.91 Å². The molecule has 21 heavy (non-hydrogen) atoms. The Morgan fingerprint density at radius 1 is 1.00 bits per heavy atom. The van der Waals surface area contributed by atoms with Crippen molar-refractivity contribution in [2.45, 2.75) is 4.90 Å². The van der Waals surface area contributed by atoms with Gasteiger partial charge in [-0.25, -0.2) is 0 Å². The maximum Gasteiger partial charge on any atom is 0.249 e. The molecule has 0 atom stereocenters. The molecule has 0 radical (unpaired) electrons. The number of hydrogen-bond acceptors (Lipinski definition) is 2. The first-order valence-corrected chi connectivity index (χ1v) is 7.69. The number of thioether (sulfide) groups is 1. The first-order valence-electron chi connectivity index (χ1n) is 6.43. The third-order valence-electron chi connectivity index (χ3n) is 3.03. The molecule has 0 unspecified atom stereocenters. The summed E-state index contributed by atoms with van der Waals surface area (Å²) in [6.07, 6.45) is 1.63. The zero-order chi connectivity index (χ0) is 14.7. The fourth-order valence-electron chi connectivity index (χ4n) is 2.03. The van der Waals surface area contributed by atoms with Gasteiger partial charge in [-0.3, -0.25) is 4.79 Å². The zero-order valence-corrected chi connectivity index (χ0v) is 12.6. The molecule has 4 heteroatoms. The van der Waals surface area contributed by atoms with Gasteiger partial charge in [-0.05, 0) is 29.8 Å². The predicted molar refractivity (Wildman–Crippen MR) is 88.0 cm³/mol. The van der Waals surface area contributed by atoms with Gasteiger partial charge in [0, 0.05) is 27.0 Å². The average Bonchev–Trinajstić information content (AvgIpc) is 2.89. The van der Waals surface area contributed by atoms with Crippen LogP contribution in [0.5, 0.6) is 0 Å². The Morgan fingerprint density at radius 2 is 1.71 bits per heavy atom. The molecule has 0 fully saturated rings. The van der Waals surface area contributed by atoms with Crippen molar-refractivity contribution in [3.8, 4) is 0 Å². The lowest BCUT2D eigenvalue weighted by Crippen LogP contribution is -2.13. The van der Waals surface area contributed by atoms with Crippen LogP contribution in [0.25, 0.3) is 5.57 Å². The highest BCUT2D eigenvalue weighted by Gasteiger charge is 2.18. The van der Waals surface area contributed by atoms with Gasteiger partial charge in [-0.2, -0.15) is 0 Å². The minimum atomic E-state index is -0.0863. The van der Waals surface area contributed by atoms with E-state index >= 15 is 0 Å². The summed E-state index contributed by atoms with van der Waals surface area (Å²) in [4.78, 5) is 12.7. The lowest BCUT2D eigenvalue weighted by molar-refractivity contribution is -0.115. The molecule has 0 aliphatic carbocycles. The van der Waals surface area contributed by atoms with E-state index in [0.717, 1.165) is 21.7 Å². The molecule has 0 spiro atoms. The molecule has 3 rings (SSSR count). The second kappa shape index (κ2) is 6.20. The smallest absolute Gasteiger partial charge is 0.249 e. The number of nitrogens with one attached hydrogen (secondary N) is 1.